The van der Waals surface area contributed by atoms with Crippen molar-refractivity contribution < 1.29 is 9.63 Å². The Balaban J connectivity index is 1.55. The van der Waals surface area contributed by atoms with Crippen molar-refractivity contribution in [1.29, 1.82) is 0 Å². The summed E-state index contributed by atoms with van der Waals surface area (Å²) >= 11 is 9.12. The number of anilines is 2. The molecule has 1 fully saturated rings. The number of carbonyl (C=O) groups is 1. The molecule has 0 bridgehead atoms. The predicted octanol–water partition coefficient (Wildman–Crippen LogP) is 3.91. The zero-order chi connectivity index (χ0) is 21.0. The largest absolute Gasteiger partial charge is 0.368 e. The van der Waals surface area contributed by atoms with Crippen molar-refractivity contribution in [3.8, 4) is 0 Å². The van der Waals surface area contributed by atoms with Crippen molar-refractivity contribution in [2.45, 2.75) is 6.92 Å². The van der Waals surface area contributed by atoms with Gasteiger partial charge in [0, 0.05) is 54.6 Å². The zero-order valence-corrected chi connectivity index (χ0v) is 19.2. The summed E-state index contributed by atoms with van der Waals surface area (Å²) in [6, 6.07) is 13.6. The number of piperazine rings is 1. The van der Waals surface area contributed by atoms with E-state index >= 15 is 0 Å². The van der Waals surface area contributed by atoms with Gasteiger partial charge in [-0.3, -0.25) is 9.63 Å². The molecule has 0 unspecified atom stereocenters. The highest BCUT2D eigenvalue weighted by molar-refractivity contribution is 9.10. The average Bonchev–Trinajstić information content (AvgIpc) is 2.73. The third-order valence-corrected chi connectivity index (χ3v) is 5.86. The van der Waals surface area contributed by atoms with Gasteiger partial charge >= 0.3 is 0 Å². The maximum Gasteiger partial charge on any atom is 0.277 e. The van der Waals surface area contributed by atoms with Crippen molar-refractivity contribution >= 4 is 50.5 Å². The lowest BCUT2D eigenvalue weighted by Gasteiger charge is -2.38. The highest BCUT2D eigenvalue weighted by Crippen LogP contribution is 2.25. The summed E-state index contributed by atoms with van der Waals surface area (Å²) in [5.41, 5.74) is 3.96. The fourth-order valence-electron chi connectivity index (χ4n) is 3.29. The Morgan fingerprint density at radius 1 is 1.14 bits per heavy atom. The summed E-state index contributed by atoms with van der Waals surface area (Å²) in [7, 11) is 3.04. The zero-order valence-electron chi connectivity index (χ0n) is 16.8. The van der Waals surface area contributed by atoms with E-state index in [1.807, 2.05) is 12.1 Å². The number of carbonyl (C=O) groups excluding carboxylic acids is 1. The molecular formula is C21H25BrN4O2S. The molecular weight excluding hydrogens is 452 g/mol. The molecule has 6 nitrogen and oxygen atoms in total. The molecule has 1 heterocycles. The van der Waals surface area contributed by atoms with Crippen molar-refractivity contribution in [1.82, 2.24) is 9.96 Å². The first kappa shape index (κ1) is 21.5. The van der Waals surface area contributed by atoms with Crippen LogP contribution in [0.1, 0.15) is 15.9 Å². The first-order valence-electron chi connectivity index (χ1n) is 9.38. The molecule has 0 radical (unpaired) electrons. The van der Waals surface area contributed by atoms with Gasteiger partial charge < -0.3 is 15.1 Å². The second-order valence-corrected chi connectivity index (χ2v) is 8.20. The van der Waals surface area contributed by atoms with Crippen LogP contribution in [0.4, 0.5) is 11.4 Å². The Hall–Kier alpha value is -2.16. The summed E-state index contributed by atoms with van der Waals surface area (Å²) in [4.78, 5) is 21.6. The molecule has 0 atom stereocenters. The number of aryl methyl sites for hydroxylation is 1. The van der Waals surface area contributed by atoms with Crippen LogP contribution in [0.25, 0.3) is 0 Å². The Morgan fingerprint density at radius 3 is 2.38 bits per heavy atom. The molecule has 1 N–H and O–H groups in total. The van der Waals surface area contributed by atoms with E-state index < -0.39 is 0 Å². The number of nitrogens with one attached hydrogen (secondary N) is 1. The SMILES string of the molecule is CON(C)C(=O)c1ccc(NC(=S)N2CCN(c3ccc(Br)cc3C)CC2)cc1. The number of hydroxylamine groups is 2. The monoisotopic (exact) mass is 476 g/mol. The second kappa shape index (κ2) is 9.56. The normalized spacial score (nSPS) is 13.9. The molecule has 2 aromatic carbocycles. The van der Waals surface area contributed by atoms with Crippen LogP contribution in [0.2, 0.25) is 0 Å². The summed E-state index contributed by atoms with van der Waals surface area (Å²) in [6.45, 7) is 5.69. The van der Waals surface area contributed by atoms with E-state index in [4.69, 9.17) is 17.1 Å². The van der Waals surface area contributed by atoms with Crippen molar-refractivity contribution in [2.24, 2.45) is 0 Å². The summed E-state index contributed by atoms with van der Waals surface area (Å²) in [5, 5.41) is 5.16. The first-order valence-corrected chi connectivity index (χ1v) is 10.6. The molecule has 154 valence electrons. The molecule has 1 aliphatic heterocycles. The second-order valence-electron chi connectivity index (χ2n) is 6.90. The van der Waals surface area contributed by atoms with Gasteiger partial charge in [0.1, 0.15) is 0 Å². The predicted molar refractivity (Wildman–Crippen MR) is 124 cm³/mol. The molecule has 29 heavy (non-hydrogen) atoms. The van der Waals surface area contributed by atoms with Crippen LogP contribution in [-0.4, -0.2) is 61.3 Å². The molecule has 0 spiro atoms. The number of nitrogens with zero attached hydrogens (tertiary/aromatic N) is 3. The minimum absolute atomic E-state index is 0.194. The van der Waals surface area contributed by atoms with Gasteiger partial charge in [-0.25, -0.2) is 5.06 Å². The molecule has 0 aromatic heterocycles. The highest BCUT2D eigenvalue weighted by atomic mass is 79.9. The van der Waals surface area contributed by atoms with Gasteiger partial charge in [0.05, 0.1) is 7.11 Å². The van der Waals surface area contributed by atoms with E-state index in [2.05, 4.69) is 56.2 Å². The number of benzene rings is 2. The van der Waals surface area contributed by atoms with E-state index in [-0.39, 0.29) is 5.91 Å². The standard InChI is InChI=1S/C21H25BrN4O2S/c1-15-14-17(22)6-9-19(15)25-10-12-26(13-11-25)21(29)23-18-7-4-16(5-8-18)20(27)24(2)28-3/h4-9,14H,10-13H2,1-3H3,(H,23,29). The van der Waals surface area contributed by atoms with Gasteiger partial charge in [-0.15, -0.1) is 0 Å². The molecule has 0 aliphatic carbocycles. The van der Waals surface area contributed by atoms with Gasteiger partial charge in [0.25, 0.3) is 5.91 Å². The summed E-state index contributed by atoms with van der Waals surface area (Å²) < 4.78 is 1.10. The Labute approximate surface area is 185 Å². The van der Waals surface area contributed by atoms with Crippen molar-refractivity contribution in [3.63, 3.8) is 0 Å². The van der Waals surface area contributed by atoms with Crippen LogP contribution in [0, 0.1) is 6.92 Å². The Morgan fingerprint density at radius 2 is 1.79 bits per heavy atom. The van der Waals surface area contributed by atoms with Crippen LogP contribution in [0.3, 0.4) is 0 Å². The van der Waals surface area contributed by atoms with Crippen LogP contribution in [0.5, 0.6) is 0 Å². The van der Waals surface area contributed by atoms with Crippen LogP contribution >= 0.6 is 28.1 Å². The number of rotatable bonds is 4. The van der Waals surface area contributed by atoms with Crippen LogP contribution in [-0.2, 0) is 4.84 Å². The lowest BCUT2D eigenvalue weighted by Crippen LogP contribution is -2.50. The van der Waals surface area contributed by atoms with E-state index in [0.29, 0.717) is 10.7 Å². The van der Waals surface area contributed by atoms with E-state index in [1.54, 1.807) is 19.2 Å². The lowest BCUT2D eigenvalue weighted by molar-refractivity contribution is -0.0756. The quantitative estimate of drug-likeness (QED) is 0.533. The van der Waals surface area contributed by atoms with Crippen LogP contribution in [0.15, 0.2) is 46.9 Å². The molecule has 1 saturated heterocycles. The number of thiocarbonyl (C=S) groups is 1. The summed E-state index contributed by atoms with van der Waals surface area (Å²) in [5.74, 6) is -0.194. The van der Waals surface area contributed by atoms with Gasteiger partial charge in [0.15, 0.2) is 5.11 Å². The number of hydrogen-bond acceptors (Lipinski definition) is 4. The fraction of sp³-hybridized carbons (Fsp3) is 0.333. The molecule has 3 rings (SSSR count). The lowest BCUT2D eigenvalue weighted by atomic mass is 10.1. The molecule has 2 aromatic rings. The van der Waals surface area contributed by atoms with Crippen LogP contribution < -0.4 is 10.2 Å². The van der Waals surface area contributed by atoms with Crippen molar-refractivity contribution in [3.05, 3.63) is 58.1 Å². The number of hydrogen-bond donors (Lipinski definition) is 1. The number of amides is 1. The van der Waals surface area contributed by atoms with E-state index in [0.717, 1.165) is 36.3 Å². The number of halogens is 1. The third kappa shape index (κ3) is 5.26. The minimum atomic E-state index is -0.194. The first-order chi connectivity index (χ1) is 13.9. The molecule has 8 heteroatoms. The maximum absolute atomic E-state index is 12.1. The Kier molecular flexibility index (Phi) is 7.10. The van der Waals surface area contributed by atoms with Gasteiger partial charge in [-0.1, -0.05) is 15.9 Å². The molecule has 0 saturated carbocycles. The van der Waals surface area contributed by atoms with Gasteiger partial charge in [0.2, 0.25) is 0 Å². The maximum atomic E-state index is 12.1. The summed E-state index contributed by atoms with van der Waals surface area (Å²) in [6.07, 6.45) is 0. The van der Waals surface area contributed by atoms with E-state index in [9.17, 15) is 4.79 Å². The van der Waals surface area contributed by atoms with Gasteiger partial charge in [-0.05, 0) is 67.2 Å². The van der Waals surface area contributed by atoms with Crippen molar-refractivity contribution in [2.75, 3.05) is 50.6 Å². The molecule has 1 aliphatic rings. The smallest absolute Gasteiger partial charge is 0.277 e. The molecule has 1 amide bonds. The van der Waals surface area contributed by atoms with E-state index in [1.165, 1.54) is 23.4 Å². The third-order valence-electron chi connectivity index (χ3n) is 5.01. The Bertz CT molecular complexity index is 883. The average molecular weight is 477 g/mol. The fourth-order valence-corrected chi connectivity index (χ4v) is 4.06. The minimum Gasteiger partial charge on any atom is -0.368 e. The van der Waals surface area contributed by atoms with Gasteiger partial charge in [-0.2, -0.15) is 0 Å². The highest BCUT2D eigenvalue weighted by Gasteiger charge is 2.20. The topological polar surface area (TPSA) is 48.1 Å².